The van der Waals surface area contributed by atoms with Gasteiger partial charge in [0.25, 0.3) is 0 Å². The summed E-state index contributed by atoms with van der Waals surface area (Å²) in [7, 11) is 0. The minimum atomic E-state index is -0.951. The van der Waals surface area contributed by atoms with Gasteiger partial charge in [-0.2, -0.15) is 5.26 Å². The third-order valence-electron chi connectivity index (χ3n) is 1.62. The molecule has 4 nitrogen and oxygen atoms in total. The van der Waals surface area contributed by atoms with Gasteiger partial charge in [-0.1, -0.05) is 30.4 Å². The minimum Gasteiger partial charge on any atom is -0.481 e. The standard InChI is InChI=1S/C9H13NO3S2/c1-3-14-8(13)15-9(2,6-10)5-4-7(11)12/h3-5H2,1-2H3,(H,11,12). The molecular weight excluding hydrogens is 234 g/mol. The monoisotopic (exact) mass is 247 g/mol. The number of carbonyl (C=O) groups is 2. The maximum Gasteiger partial charge on any atom is 0.303 e. The second-order valence-electron chi connectivity index (χ2n) is 3.02. The van der Waals surface area contributed by atoms with Crippen molar-refractivity contribution >= 4 is 33.9 Å². The number of nitrogens with zero attached hydrogens (tertiary/aromatic N) is 1. The number of hydrogen-bond acceptors (Lipinski definition) is 5. The van der Waals surface area contributed by atoms with Crippen LogP contribution in [-0.4, -0.2) is 26.0 Å². The number of rotatable bonds is 5. The Kier molecular flexibility index (Phi) is 6.45. The fraction of sp³-hybridized carbons (Fsp3) is 0.667. The van der Waals surface area contributed by atoms with E-state index in [1.807, 2.05) is 13.0 Å². The highest BCUT2D eigenvalue weighted by molar-refractivity contribution is 8.39. The van der Waals surface area contributed by atoms with E-state index >= 15 is 0 Å². The number of nitriles is 1. The third-order valence-corrected chi connectivity index (χ3v) is 3.66. The number of hydrogen-bond donors (Lipinski definition) is 1. The van der Waals surface area contributed by atoms with E-state index in [1.54, 1.807) is 6.92 Å². The van der Waals surface area contributed by atoms with E-state index in [0.717, 1.165) is 23.5 Å². The minimum absolute atomic E-state index is 0.0961. The molecule has 0 aromatic rings. The first-order valence-corrected chi connectivity index (χ1v) is 6.22. The zero-order chi connectivity index (χ0) is 11.9. The summed E-state index contributed by atoms with van der Waals surface area (Å²) in [4.78, 5) is 21.7. The zero-order valence-corrected chi connectivity index (χ0v) is 10.3. The number of carbonyl (C=O) groups excluding carboxylic acids is 1. The zero-order valence-electron chi connectivity index (χ0n) is 8.65. The molecule has 0 spiro atoms. The molecular formula is C9H13NO3S2. The van der Waals surface area contributed by atoms with Crippen LogP contribution in [0.25, 0.3) is 0 Å². The SMILES string of the molecule is CCSC(=O)SC(C)(C#N)CCC(=O)O. The highest BCUT2D eigenvalue weighted by Gasteiger charge is 2.29. The van der Waals surface area contributed by atoms with Crippen LogP contribution in [0.2, 0.25) is 0 Å². The quantitative estimate of drug-likeness (QED) is 0.804. The number of carboxylic acids is 1. The summed E-state index contributed by atoms with van der Waals surface area (Å²) >= 11 is 2.05. The van der Waals surface area contributed by atoms with Gasteiger partial charge in [-0.05, 0) is 19.1 Å². The first-order valence-electron chi connectivity index (χ1n) is 4.42. The van der Waals surface area contributed by atoms with Crippen LogP contribution in [0.4, 0.5) is 4.79 Å². The summed E-state index contributed by atoms with van der Waals surface area (Å²) in [5.41, 5.74) is 0. The smallest absolute Gasteiger partial charge is 0.303 e. The van der Waals surface area contributed by atoms with Crippen LogP contribution in [-0.2, 0) is 4.79 Å². The van der Waals surface area contributed by atoms with Gasteiger partial charge in [-0.15, -0.1) is 0 Å². The molecule has 0 radical (unpaired) electrons. The van der Waals surface area contributed by atoms with Crippen molar-refractivity contribution in [2.24, 2.45) is 0 Å². The average Bonchev–Trinajstić information content (AvgIpc) is 2.15. The molecule has 1 N–H and O–H groups in total. The van der Waals surface area contributed by atoms with Gasteiger partial charge < -0.3 is 5.11 Å². The molecule has 84 valence electrons. The molecule has 0 aromatic carbocycles. The van der Waals surface area contributed by atoms with E-state index in [9.17, 15) is 9.59 Å². The van der Waals surface area contributed by atoms with Gasteiger partial charge in [0.1, 0.15) is 4.75 Å². The Labute approximate surface area is 97.4 Å². The van der Waals surface area contributed by atoms with Gasteiger partial charge in [-0.3, -0.25) is 9.59 Å². The van der Waals surface area contributed by atoms with Crippen LogP contribution in [0.3, 0.4) is 0 Å². The Morgan fingerprint density at radius 2 is 2.13 bits per heavy atom. The topological polar surface area (TPSA) is 78.2 Å². The fourth-order valence-electron chi connectivity index (χ4n) is 0.806. The van der Waals surface area contributed by atoms with Crippen LogP contribution in [0.15, 0.2) is 0 Å². The molecule has 0 saturated heterocycles. The Hall–Kier alpha value is -0.670. The maximum absolute atomic E-state index is 11.3. The highest BCUT2D eigenvalue weighted by atomic mass is 32.2. The van der Waals surface area contributed by atoms with Crippen molar-refractivity contribution in [2.45, 2.75) is 31.4 Å². The van der Waals surface area contributed by atoms with Crippen LogP contribution < -0.4 is 0 Å². The van der Waals surface area contributed by atoms with Gasteiger partial charge in [0, 0.05) is 6.42 Å². The Bertz CT molecular complexity index is 288. The summed E-state index contributed by atoms with van der Waals surface area (Å²) in [6.45, 7) is 3.44. The number of thioether (sulfide) groups is 2. The normalized spacial score (nSPS) is 13.9. The molecule has 0 fully saturated rings. The number of carboxylic acid groups (broad SMARTS) is 1. The molecule has 6 heteroatoms. The first-order chi connectivity index (χ1) is 6.93. The Morgan fingerprint density at radius 3 is 2.53 bits per heavy atom. The fourth-order valence-corrected chi connectivity index (χ4v) is 2.80. The van der Waals surface area contributed by atoms with Crippen molar-refractivity contribution in [1.82, 2.24) is 0 Å². The van der Waals surface area contributed by atoms with Crippen LogP contribution >= 0.6 is 23.5 Å². The summed E-state index contributed by atoms with van der Waals surface area (Å²) in [5, 5.41) is 17.4. The molecule has 0 aliphatic heterocycles. The lowest BCUT2D eigenvalue weighted by Gasteiger charge is -2.17. The Balaban J connectivity index is 4.25. The van der Waals surface area contributed by atoms with Crippen LogP contribution in [0.5, 0.6) is 0 Å². The van der Waals surface area contributed by atoms with Crippen molar-refractivity contribution < 1.29 is 14.7 Å². The summed E-state index contributed by atoms with van der Waals surface area (Å²) in [5.74, 6) is -0.292. The largest absolute Gasteiger partial charge is 0.481 e. The maximum atomic E-state index is 11.3. The van der Waals surface area contributed by atoms with E-state index in [0.29, 0.717) is 5.75 Å². The van der Waals surface area contributed by atoms with Gasteiger partial charge in [0.05, 0.1) is 6.07 Å². The summed E-state index contributed by atoms with van der Waals surface area (Å²) in [6, 6.07) is 1.99. The van der Waals surface area contributed by atoms with Crippen molar-refractivity contribution in [3.8, 4) is 6.07 Å². The number of aliphatic carboxylic acids is 1. The molecule has 0 heterocycles. The molecule has 0 rings (SSSR count). The van der Waals surface area contributed by atoms with Crippen molar-refractivity contribution in [3.63, 3.8) is 0 Å². The van der Waals surface area contributed by atoms with E-state index in [-0.39, 0.29) is 17.3 Å². The van der Waals surface area contributed by atoms with Gasteiger partial charge in [-0.25, -0.2) is 0 Å². The van der Waals surface area contributed by atoms with Crippen LogP contribution in [0, 0.1) is 11.3 Å². The van der Waals surface area contributed by atoms with E-state index in [4.69, 9.17) is 10.4 Å². The molecule has 0 aromatic heterocycles. The second-order valence-corrected chi connectivity index (χ2v) is 5.99. The lowest BCUT2D eigenvalue weighted by atomic mass is 10.1. The second kappa shape index (κ2) is 6.75. The van der Waals surface area contributed by atoms with Crippen LogP contribution in [0.1, 0.15) is 26.7 Å². The van der Waals surface area contributed by atoms with Crippen molar-refractivity contribution in [2.75, 3.05) is 5.75 Å². The van der Waals surface area contributed by atoms with E-state index in [2.05, 4.69) is 0 Å². The van der Waals surface area contributed by atoms with E-state index < -0.39 is 10.7 Å². The third kappa shape index (κ3) is 6.42. The predicted octanol–water partition coefficient (Wildman–Crippen LogP) is 2.74. The van der Waals surface area contributed by atoms with Gasteiger partial charge in [0.15, 0.2) is 0 Å². The molecule has 0 bridgehead atoms. The van der Waals surface area contributed by atoms with Crippen molar-refractivity contribution in [1.29, 1.82) is 5.26 Å². The van der Waals surface area contributed by atoms with E-state index in [1.165, 1.54) is 0 Å². The molecule has 0 aliphatic rings. The van der Waals surface area contributed by atoms with Gasteiger partial charge >= 0.3 is 5.97 Å². The summed E-state index contributed by atoms with van der Waals surface area (Å²) < 4.78 is -1.07. The summed E-state index contributed by atoms with van der Waals surface area (Å²) in [6.07, 6.45) is 0.0840. The molecule has 15 heavy (non-hydrogen) atoms. The predicted molar refractivity (Wildman–Crippen MR) is 62.0 cm³/mol. The molecule has 1 atom stereocenters. The average molecular weight is 247 g/mol. The molecule has 0 aliphatic carbocycles. The molecule has 0 amide bonds. The van der Waals surface area contributed by atoms with Crippen molar-refractivity contribution in [3.05, 3.63) is 0 Å². The lowest BCUT2D eigenvalue weighted by molar-refractivity contribution is -0.137. The molecule has 0 saturated carbocycles. The van der Waals surface area contributed by atoms with Gasteiger partial charge in [0.2, 0.25) is 4.45 Å². The Morgan fingerprint density at radius 1 is 1.53 bits per heavy atom. The highest BCUT2D eigenvalue weighted by Crippen LogP contribution is 2.33. The molecule has 1 unspecified atom stereocenters. The first kappa shape index (κ1) is 14.3. The lowest BCUT2D eigenvalue weighted by Crippen LogP contribution is -2.20.